The van der Waals surface area contributed by atoms with Crippen LogP contribution in [-0.2, 0) is 0 Å². The molecule has 0 aliphatic carbocycles. The predicted octanol–water partition coefficient (Wildman–Crippen LogP) is 3.36. The van der Waals surface area contributed by atoms with E-state index in [-0.39, 0.29) is 11.6 Å². The van der Waals surface area contributed by atoms with Crippen LogP contribution >= 0.6 is 0 Å². The van der Waals surface area contributed by atoms with Gasteiger partial charge in [-0.1, -0.05) is 25.1 Å². The minimum absolute atomic E-state index is 0.106. The third-order valence-corrected chi connectivity index (χ3v) is 4.07. The molecule has 1 aliphatic heterocycles. The minimum Gasteiger partial charge on any atom is -0.330 e. The van der Waals surface area contributed by atoms with Gasteiger partial charge in [0.1, 0.15) is 0 Å². The molecule has 0 amide bonds. The summed E-state index contributed by atoms with van der Waals surface area (Å²) in [5, 5.41) is 0. The lowest BCUT2D eigenvalue weighted by Gasteiger charge is -2.41. The average molecular weight is 268 g/mol. The Morgan fingerprint density at radius 1 is 1.42 bits per heavy atom. The molecule has 106 valence electrons. The summed E-state index contributed by atoms with van der Waals surface area (Å²) in [7, 11) is 0. The minimum atomic E-state index is -2.41. The van der Waals surface area contributed by atoms with Crippen molar-refractivity contribution < 1.29 is 8.78 Å². The fourth-order valence-electron chi connectivity index (χ4n) is 3.11. The smallest absolute Gasteiger partial charge is 0.263 e. The summed E-state index contributed by atoms with van der Waals surface area (Å²) in [6, 6.07) is 7.00. The highest BCUT2D eigenvalue weighted by atomic mass is 19.3. The summed E-state index contributed by atoms with van der Waals surface area (Å²) in [4.78, 5) is 2.35. The quantitative estimate of drug-likeness (QED) is 0.907. The Balaban J connectivity index is 2.31. The van der Waals surface area contributed by atoms with Gasteiger partial charge in [0.15, 0.2) is 0 Å². The predicted molar refractivity (Wildman–Crippen MR) is 73.2 cm³/mol. The van der Waals surface area contributed by atoms with E-state index in [0.717, 1.165) is 31.5 Å². The molecule has 2 atom stereocenters. The number of hydrogen-bond acceptors (Lipinski definition) is 2. The van der Waals surface area contributed by atoms with Gasteiger partial charge in [-0.05, 0) is 50.0 Å². The molecule has 0 bridgehead atoms. The van der Waals surface area contributed by atoms with Crippen molar-refractivity contribution in [1.82, 2.24) is 4.90 Å². The second-order valence-corrected chi connectivity index (χ2v) is 5.18. The van der Waals surface area contributed by atoms with Gasteiger partial charge < -0.3 is 5.73 Å². The average Bonchev–Trinajstić information content (AvgIpc) is 2.46. The number of likely N-dealkylation sites (tertiary alicyclic amines) is 1. The van der Waals surface area contributed by atoms with Crippen molar-refractivity contribution in [2.75, 3.05) is 19.6 Å². The summed E-state index contributed by atoms with van der Waals surface area (Å²) in [5.41, 5.74) is 6.96. The highest BCUT2D eigenvalue weighted by molar-refractivity contribution is 5.28. The van der Waals surface area contributed by atoms with E-state index in [1.165, 1.54) is 6.07 Å². The van der Waals surface area contributed by atoms with Gasteiger partial charge >= 0.3 is 0 Å². The van der Waals surface area contributed by atoms with Gasteiger partial charge in [0, 0.05) is 11.6 Å². The van der Waals surface area contributed by atoms with Crippen LogP contribution in [-0.4, -0.2) is 24.5 Å². The number of benzene rings is 1. The first-order chi connectivity index (χ1) is 9.17. The molecular weight excluding hydrogens is 246 g/mol. The second kappa shape index (κ2) is 6.44. The van der Waals surface area contributed by atoms with Crippen LogP contribution in [0.25, 0.3) is 0 Å². The number of piperidine rings is 1. The first kappa shape index (κ1) is 14.4. The molecule has 2 rings (SSSR count). The Kier molecular flexibility index (Phi) is 4.88. The maximum Gasteiger partial charge on any atom is 0.263 e. The lowest BCUT2D eigenvalue weighted by molar-refractivity contribution is 0.101. The van der Waals surface area contributed by atoms with Gasteiger partial charge in [0.05, 0.1) is 0 Å². The van der Waals surface area contributed by atoms with Gasteiger partial charge in [-0.15, -0.1) is 0 Å². The molecule has 1 fully saturated rings. The molecule has 1 saturated heterocycles. The molecule has 2 nitrogen and oxygen atoms in total. The van der Waals surface area contributed by atoms with Crippen molar-refractivity contribution in [3.05, 3.63) is 35.4 Å². The first-order valence-electron chi connectivity index (χ1n) is 6.99. The van der Waals surface area contributed by atoms with Gasteiger partial charge in [-0.2, -0.15) is 0 Å². The number of halogens is 2. The molecule has 0 aromatic heterocycles. The monoisotopic (exact) mass is 268 g/mol. The van der Waals surface area contributed by atoms with Crippen LogP contribution < -0.4 is 5.73 Å². The molecule has 4 heteroatoms. The van der Waals surface area contributed by atoms with Crippen LogP contribution in [0.4, 0.5) is 8.78 Å². The molecule has 0 spiro atoms. The van der Waals surface area contributed by atoms with Crippen LogP contribution in [0.3, 0.4) is 0 Å². The van der Waals surface area contributed by atoms with Gasteiger partial charge in [0.2, 0.25) is 0 Å². The molecule has 1 heterocycles. The topological polar surface area (TPSA) is 29.3 Å². The standard InChI is InChI=1S/C15H22F2N2/c1-2-19-8-4-7-13(10-18)14(19)11-5-3-6-12(9-11)15(16)17/h3,5-6,9,13-15H,2,4,7-8,10,18H2,1H3. The molecule has 0 saturated carbocycles. The number of rotatable bonds is 4. The SMILES string of the molecule is CCN1CCCC(CN)C1c1cccc(C(F)F)c1. The summed E-state index contributed by atoms with van der Waals surface area (Å²) < 4.78 is 25.7. The Hall–Kier alpha value is -1.00. The number of alkyl halides is 2. The fraction of sp³-hybridized carbons (Fsp3) is 0.600. The molecule has 0 radical (unpaired) electrons. The zero-order valence-corrected chi connectivity index (χ0v) is 11.4. The fourth-order valence-corrected chi connectivity index (χ4v) is 3.11. The Morgan fingerprint density at radius 3 is 2.84 bits per heavy atom. The maximum atomic E-state index is 12.8. The third kappa shape index (κ3) is 3.12. The zero-order valence-electron chi connectivity index (χ0n) is 11.4. The van der Waals surface area contributed by atoms with Crippen LogP contribution in [0.15, 0.2) is 24.3 Å². The van der Waals surface area contributed by atoms with Crippen LogP contribution in [0.5, 0.6) is 0 Å². The summed E-state index contributed by atoms with van der Waals surface area (Å²) in [6.07, 6.45) is -0.188. The van der Waals surface area contributed by atoms with Gasteiger partial charge in [-0.25, -0.2) is 8.78 Å². The van der Waals surface area contributed by atoms with Crippen molar-refractivity contribution in [2.45, 2.75) is 32.2 Å². The van der Waals surface area contributed by atoms with Crippen molar-refractivity contribution in [2.24, 2.45) is 11.7 Å². The molecule has 1 aromatic carbocycles. The maximum absolute atomic E-state index is 12.8. The molecular formula is C15H22F2N2. The van der Waals surface area contributed by atoms with Crippen molar-refractivity contribution in [1.29, 1.82) is 0 Å². The van der Waals surface area contributed by atoms with E-state index in [9.17, 15) is 8.78 Å². The van der Waals surface area contributed by atoms with Crippen molar-refractivity contribution >= 4 is 0 Å². The second-order valence-electron chi connectivity index (χ2n) is 5.18. The van der Waals surface area contributed by atoms with E-state index in [1.807, 2.05) is 6.07 Å². The van der Waals surface area contributed by atoms with E-state index in [0.29, 0.717) is 12.5 Å². The normalized spacial score (nSPS) is 24.9. The van der Waals surface area contributed by atoms with Gasteiger partial charge in [0.25, 0.3) is 6.43 Å². The van der Waals surface area contributed by atoms with Crippen LogP contribution in [0.2, 0.25) is 0 Å². The largest absolute Gasteiger partial charge is 0.330 e. The molecule has 1 aliphatic rings. The van der Waals surface area contributed by atoms with Gasteiger partial charge in [-0.3, -0.25) is 4.90 Å². The number of nitrogens with two attached hydrogens (primary N) is 1. The molecule has 2 N–H and O–H groups in total. The van der Waals surface area contributed by atoms with E-state index < -0.39 is 6.43 Å². The summed E-state index contributed by atoms with van der Waals surface area (Å²) >= 11 is 0. The summed E-state index contributed by atoms with van der Waals surface area (Å²) in [6.45, 7) is 4.68. The Bertz CT molecular complexity index is 397. The molecule has 19 heavy (non-hydrogen) atoms. The van der Waals surface area contributed by atoms with Crippen LogP contribution in [0, 0.1) is 5.92 Å². The molecule has 2 unspecified atom stereocenters. The van der Waals surface area contributed by atoms with E-state index in [4.69, 9.17) is 5.73 Å². The lowest BCUT2D eigenvalue weighted by atomic mass is 9.84. The highest BCUT2D eigenvalue weighted by Gasteiger charge is 2.31. The van der Waals surface area contributed by atoms with Crippen molar-refractivity contribution in [3.63, 3.8) is 0 Å². The van der Waals surface area contributed by atoms with Crippen LogP contribution in [0.1, 0.15) is 43.4 Å². The van der Waals surface area contributed by atoms with Crippen molar-refractivity contribution in [3.8, 4) is 0 Å². The van der Waals surface area contributed by atoms with E-state index in [2.05, 4.69) is 11.8 Å². The van der Waals surface area contributed by atoms with E-state index >= 15 is 0 Å². The Morgan fingerprint density at radius 2 is 2.21 bits per heavy atom. The number of nitrogens with zero attached hydrogens (tertiary/aromatic N) is 1. The summed E-state index contributed by atoms with van der Waals surface area (Å²) in [5.74, 6) is 0.363. The molecule has 1 aromatic rings. The Labute approximate surface area is 113 Å². The zero-order chi connectivity index (χ0) is 13.8. The first-order valence-corrected chi connectivity index (χ1v) is 6.99. The highest BCUT2D eigenvalue weighted by Crippen LogP contribution is 2.36. The number of hydrogen-bond donors (Lipinski definition) is 1. The lowest BCUT2D eigenvalue weighted by Crippen LogP contribution is -2.41. The third-order valence-electron chi connectivity index (χ3n) is 4.07. The van der Waals surface area contributed by atoms with E-state index in [1.54, 1.807) is 12.1 Å².